The summed E-state index contributed by atoms with van der Waals surface area (Å²) in [5.74, 6) is 0.484. The normalized spacial score (nSPS) is 11.5. The highest BCUT2D eigenvalue weighted by atomic mass is 16.5. The minimum atomic E-state index is -0.0813. The number of nitriles is 1. The van der Waals surface area contributed by atoms with Crippen LogP contribution in [0.4, 0.5) is 0 Å². The highest BCUT2D eigenvalue weighted by molar-refractivity contribution is 5.97. The molecule has 0 fully saturated rings. The van der Waals surface area contributed by atoms with Crippen LogP contribution >= 0.6 is 0 Å². The van der Waals surface area contributed by atoms with E-state index in [1.807, 2.05) is 13.0 Å². The zero-order valence-corrected chi connectivity index (χ0v) is 12.1. The van der Waals surface area contributed by atoms with Gasteiger partial charge in [0.25, 0.3) is 6.47 Å². The standard InChI is InChI=1S/C17H15NO4/c1-12(9-21-11-19)15-6-16(22-10-15)7-17(20)14-4-2-13(8-18)3-5-14/h2-6,10-12H,7,9H2,1H3. The van der Waals surface area contributed by atoms with E-state index in [2.05, 4.69) is 0 Å². The van der Waals surface area contributed by atoms with Crippen molar-refractivity contribution >= 4 is 12.3 Å². The van der Waals surface area contributed by atoms with Gasteiger partial charge in [-0.15, -0.1) is 0 Å². The van der Waals surface area contributed by atoms with Crippen LogP contribution < -0.4 is 0 Å². The van der Waals surface area contributed by atoms with Crippen molar-refractivity contribution in [2.75, 3.05) is 6.61 Å². The molecule has 112 valence electrons. The molecule has 0 spiro atoms. The van der Waals surface area contributed by atoms with E-state index in [9.17, 15) is 9.59 Å². The molecular weight excluding hydrogens is 282 g/mol. The number of hydrogen-bond donors (Lipinski definition) is 0. The maximum absolute atomic E-state index is 12.2. The van der Waals surface area contributed by atoms with E-state index in [-0.39, 0.29) is 24.7 Å². The fourth-order valence-electron chi connectivity index (χ4n) is 2.02. The van der Waals surface area contributed by atoms with Gasteiger partial charge in [0.1, 0.15) is 5.76 Å². The number of carbonyl (C=O) groups excluding carboxylic acids is 2. The van der Waals surface area contributed by atoms with Crippen molar-refractivity contribution in [3.8, 4) is 6.07 Å². The van der Waals surface area contributed by atoms with Gasteiger partial charge in [0.05, 0.1) is 30.9 Å². The van der Waals surface area contributed by atoms with Gasteiger partial charge in [-0.1, -0.05) is 19.1 Å². The van der Waals surface area contributed by atoms with Gasteiger partial charge in [-0.2, -0.15) is 5.26 Å². The lowest BCUT2D eigenvalue weighted by Crippen LogP contribution is -2.03. The van der Waals surface area contributed by atoms with Crippen molar-refractivity contribution < 1.29 is 18.7 Å². The van der Waals surface area contributed by atoms with Crippen LogP contribution in [0.25, 0.3) is 0 Å². The second-order valence-corrected chi connectivity index (χ2v) is 4.97. The van der Waals surface area contributed by atoms with E-state index in [0.29, 0.717) is 23.4 Å². The number of Topliss-reactive ketones (excluding diaryl/α,β-unsaturated/α-hetero) is 1. The number of rotatable bonds is 7. The maximum atomic E-state index is 12.2. The van der Waals surface area contributed by atoms with Gasteiger partial charge in [-0.25, -0.2) is 0 Å². The summed E-state index contributed by atoms with van der Waals surface area (Å²) >= 11 is 0. The molecule has 0 amide bonds. The fraction of sp³-hybridized carbons (Fsp3) is 0.235. The summed E-state index contributed by atoms with van der Waals surface area (Å²) in [5, 5.41) is 8.74. The van der Waals surface area contributed by atoms with Crippen LogP contribution in [0, 0.1) is 11.3 Å². The van der Waals surface area contributed by atoms with Crippen molar-refractivity contribution in [2.45, 2.75) is 19.3 Å². The molecule has 0 aliphatic rings. The first kappa shape index (κ1) is 15.5. The van der Waals surface area contributed by atoms with Crippen LogP contribution in [0.3, 0.4) is 0 Å². The maximum Gasteiger partial charge on any atom is 0.293 e. The molecule has 1 aromatic heterocycles. The average Bonchev–Trinajstić information content (AvgIpc) is 3.01. The Labute approximate surface area is 128 Å². The van der Waals surface area contributed by atoms with Gasteiger partial charge >= 0.3 is 0 Å². The SMILES string of the molecule is CC(COC=O)c1coc(CC(=O)c2ccc(C#N)cc2)c1. The van der Waals surface area contributed by atoms with E-state index in [0.717, 1.165) is 5.56 Å². The first-order valence-electron chi connectivity index (χ1n) is 6.80. The van der Waals surface area contributed by atoms with Crippen molar-refractivity contribution in [2.24, 2.45) is 0 Å². The minimum absolute atomic E-state index is 0.00714. The summed E-state index contributed by atoms with van der Waals surface area (Å²) < 4.78 is 10.1. The number of hydrogen-bond acceptors (Lipinski definition) is 5. The zero-order valence-electron chi connectivity index (χ0n) is 12.1. The van der Waals surface area contributed by atoms with Crippen LogP contribution in [-0.2, 0) is 16.0 Å². The average molecular weight is 297 g/mol. The van der Waals surface area contributed by atoms with Gasteiger partial charge in [-0.05, 0) is 23.8 Å². The third kappa shape index (κ3) is 3.83. The lowest BCUT2D eigenvalue weighted by Gasteiger charge is -2.05. The van der Waals surface area contributed by atoms with Crippen LogP contribution in [0.1, 0.15) is 40.1 Å². The van der Waals surface area contributed by atoms with Gasteiger partial charge < -0.3 is 9.15 Å². The highest BCUT2D eigenvalue weighted by Crippen LogP contribution is 2.20. The predicted molar refractivity (Wildman–Crippen MR) is 78.3 cm³/mol. The number of ketones is 1. The summed E-state index contributed by atoms with van der Waals surface area (Å²) in [5.41, 5.74) is 1.93. The summed E-state index contributed by atoms with van der Waals surface area (Å²) in [6.45, 7) is 2.58. The van der Waals surface area contributed by atoms with E-state index in [1.54, 1.807) is 36.6 Å². The topological polar surface area (TPSA) is 80.3 Å². The van der Waals surface area contributed by atoms with Gasteiger partial charge in [0.15, 0.2) is 5.78 Å². The number of furan rings is 1. The number of carbonyl (C=O) groups is 2. The van der Waals surface area contributed by atoms with Crippen molar-refractivity contribution in [3.05, 3.63) is 59.0 Å². The van der Waals surface area contributed by atoms with E-state index in [1.165, 1.54) is 0 Å². The van der Waals surface area contributed by atoms with E-state index < -0.39 is 0 Å². The van der Waals surface area contributed by atoms with Gasteiger partial charge in [0, 0.05) is 11.5 Å². The molecule has 0 saturated carbocycles. The quantitative estimate of drug-likeness (QED) is 0.580. The third-order valence-corrected chi connectivity index (χ3v) is 3.33. The molecule has 1 atom stereocenters. The molecule has 1 heterocycles. The minimum Gasteiger partial charge on any atom is -0.469 e. The Kier molecular flexibility index (Phi) is 5.10. The monoisotopic (exact) mass is 297 g/mol. The third-order valence-electron chi connectivity index (χ3n) is 3.33. The van der Waals surface area contributed by atoms with Gasteiger partial charge in [0.2, 0.25) is 0 Å². The van der Waals surface area contributed by atoms with Crippen LogP contribution in [0.15, 0.2) is 41.0 Å². The Balaban J connectivity index is 2.01. The summed E-state index contributed by atoms with van der Waals surface area (Å²) in [4.78, 5) is 22.3. The largest absolute Gasteiger partial charge is 0.469 e. The summed E-state index contributed by atoms with van der Waals surface area (Å²) in [7, 11) is 0. The lowest BCUT2D eigenvalue weighted by molar-refractivity contribution is -0.129. The first-order valence-corrected chi connectivity index (χ1v) is 6.80. The molecule has 22 heavy (non-hydrogen) atoms. The molecule has 1 aromatic carbocycles. The van der Waals surface area contributed by atoms with Crippen LogP contribution in [0.2, 0.25) is 0 Å². The zero-order chi connectivity index (χ0) is 15.9. The number of ether oxygens (including phenoxy) is 1. The summed E-state index contributed by atoms with van der Waals surface area (Å²) in [6, 6.07) is 10.3. The molecular formula is C17H15NO4. The molecule has 0 aliphatic heterocycles. The number of nitrogens with zero attached hydrogens (tertiary/aromatic N) is 1. The smallest absolute Gasteiger partial charge is 0.293 e. The Morgan fingerprint density at radius 2 is 2.14 bits per heavy atom. The first-order chi connectivity index (χ1) is 10.6. The number of benzene rings is 1. The second-order valence-electron chi connectivity index (χ2n) is 4.97. The molecule has 2 aromatic rings. The molecule has 1 unspecified atom stereocenters. The molecule has 0 bridgehead atoms. The van der Waals surface area contributed by atoms with Crippen molar-refractivity contribution in [1.82, 2.24) is 0 Å². The highest BCUT2D eigenvalue weighted by Gasteiger charge is 2.14. The van der Waals surface area contributed by atoms with E-state index >= 15 is 0 Å². The molecule has 0 radical (unpaired) electrons. The van der Waals surface area contributed by atoms with Crippen molar-refractivity contribution in [1.29, 1.82) is 5.26 Å². The van der Waals surface area contributed by atoms with E-state index in [4.69, 9.17) is 14.4 Å². The molecule has 5 heteroatoms. The Bertz CT molecular complexity index is 694. The fourth-order valence-corrected chi connectivity index (χ4v) is 2.02. The molecule has 5 nitrogen and oxygen atoms in total. The lowest BCUT2D eigenvalue weighted by atomic mass is 10.0. The predicted octanol–water partition coefficient (Wildman–Crippen LogP) is 2.85. The molecule has 0 saturated heterocycles. The molecule has 0 aliphatic carbocycles. The molecule has 2 rings (SSSR count). The van der Waals surface area contributed by atoms with Gasteiger partial charge in [-0.3, -0.25) is 9.59 Å². The Morgan fingerprint density at radius 3 is 2.77 bits per heavy atom. The van der Waals surface area contributed by atoms with Crippen molar-refractivity contribution in [3.63, 3.8) is 0 Å². The second kappa shape index (κ2) is 7.23. The summed E-state index contributed by atoms with van der Waals surface area (Å²) in [6.07, 6.45) is 1.72. The Morgan fingerprint density at radius 1 is 1.41 bits per heavy atom. The van der Waals surface area contributed by atoms with Crippen LogP contribution in [0.5, 0.6) is 0 Å². The molecule has 0 N–H and O–H groups in total. The van der Waals surface area contributed by atoms with Crippen LogP contribution in [-0.4, -0.2) is 18.9 Å². The Hall–Kier alpha value is -2.87.